The molecule has 40 heavy (non-hydrogen) atoms. The van der Waals surface area contributed by atoms with Gasteiger partial charge in [-0.1, -0.05) is 24.3 Å². The molecule has 2 aliphatic heterocycles. The Labute approximate surface area is 235 Å². The van der Waals surface area contributed by atoms with Crippen molar-refractivity contribution in [3.63, 3.8) is 0 Å². The van der Waals surface area contributed by atoms with Gasteiger partial charge in [-0.05, 0) is 99.8 Å². The number of likely N-dealkylation sites (tertiary alicyclic amines) is 2. The molecule has 10 atom stereocenters. The number of benzene rings is 2. The van der Waals surface area contributed by atoms with Crippen LogP contribution in [-0.4, -0.2) is 72.9 Å². The summed E-state index contributed by atoms with van der Waals surface area (Å²) in [6.45, 7) is 0.242. The number of hydrogen-bond acceptors (Lipinski definition) is 5. The molecule has 2 heterocycles. The van der Waals surface area contributed by atoms with Crippen LogP contribution >= 0.6 is 0 Å². The smallest absolute Gasteiger partial charge is 0.310 e. The third-order valence-corrected chi connectivity index (χ3v) is 12.3. The Kier molecular flexibility index (Phi) is 6.19. The molecule has 1 N–H and O–H groups in total. The first-order chi connectivity index (χ1) is 19.3. The van der Waals surface area contributed by atoms with Crippen molar-refractivity contribution in [3.8, 4) is 0 Å². The second-order valence-corrected chi connectivity index (χ2v) is 13.4. The first kappa shape index (κ1) is 26.5. The van der Waals surface area contributed by atoms with E-state index >= 15 is 0 Å². The Morgan fingerprint density at radius 3 is 1.80 bits per heavy atom. The van der Waals surface area contributed by atoms with Crippen molar-refractivity contribution in [2.75, 3.05) is 27.8 Å². The average Bonchev–Trinajstić information content (AvgIpc) is 3.47. The quantitative estimate of drug-likeness (QED) is 0.546. The van der Waals surface area contributed by atoms with Crippen LogP contribution in [0.3, 0.4) is 0 Å². The fourth-order valence-corrected chi connectivity index (χ4v) is 10.6. The molecule has 214 valence electrons. The van der Waals surface area contributed by atoms with Crippen molar-refractivity contribution in [1.29, 1.82) is 0 Å². The Balaban J connectivity index is 0.000000133. The summed E-state index contributed by atoms with van der Waals surface area (Å²) < 4.78 is 31.3. The van der Waals surface area contributed by atoms with E-state index in [1.807, 2.05) is 24.3 Å². The van der Waals surface area contributed by atoms with Gasteiger partial charge in [-0.15, -0.1) is 0 Å². The van der Waals surface area contributed by atoms with Crippen LogP contribution in [0.15, 0.2) is 48.5 Å². The lowest BCUT2D eigenvalue weighted by Crippen LogP contribution is -2.75. The summed E-state index contributed by atoms with van der Waals surface area (Å²) in [5.41, 5.74) is 3.02. The van der Waals surface area contributed by atoms with Crippen LogP contribution < -0.4 is 0 Å². The molecule has 4 aliphatic carbocycles. The van der Waals surface area contributed by atoms with E-state index in [-0.39, 0.29) is 36.0 Å². The average molecular weight is 551 g/mol. The van der Waals surface area contributed by atoms with Crippen molar-refractivity contribution in [2.45, 2.75) is 74.5 Å². The van der Waals surface area contributed by atoms with E-state index in [4.69, 9.17) is 4.74 Å². The SMILES string of the molecule is CN1C2CCC23CC(c2ccc(F)cc2)C(CO)C13.COC(=O)C1C(c2ccc(F)cc2)CC23CCC2N(C)C13. The van der Waals surface area contributed by atoms with Gasteiger partial charge in [0.25, 0.3) is 0 Å². The Morgan fingerprint density at radius 1 is 0.850 bits per heavy atom. The highest BCUT2D eigenvalue weighted by Crippen LogP contribution is 2.70. The minimum atomic E-state index is -0.230. The number of hydrogen-bond donors (Lipinski definition) is 1. The zero-order valence-corrected chi connectivity index (χ0v) is 23.6. The molecular formula is C33H40F2N2O3. The first-order valence-electron chi connectivity index (χ1n) is 14.9. The van der Waals surface area contributed by atoms with E-state index in [0.717, 1.165) is 18.0 Å². The number of aliphatic hydroxyl groups excluding tert-OH is 1. The van der Waals surface area contributed by atoms with Gasteiger partial charge >= 0.3 is 5.97 Å². The Bertz CT molecular complexity index is 1290. The minimum absolute atomic E-state index is 0.122. The van der Waals surface area contributed by atoms with Gasteiger partial charge in [-0.25, -0.2) is 8.78 Å². The predicted octanol–water partition coefficient (Wildman–Crippen LogP) is 4.95. The number of methoxy groups -OCH3 is 1. The van der Waals surface area contributed by atoms with E-state index in [1.54, 1.807) is 12.1 Å². The summed E-state index contributed by atoms with van der Waals surface area (Å²) in [6, 6.07) is 15.7. The van der Waals surface area contributed by atoms with Crippen molar-refractivity contribution < 1.29 is 23.4 Å². The summed E-state index contributed by atoms with van der Waals surface area (Å²) >= 11 is 0. The molecule has 2 aromatic rings. The summed E-state index contributed by atoms with van der Waals surface area (Å²) in [4.78, 5) is 17.2. The molecule has 10 unspecified atom stereocenters. The fourth-order valence-electron chi connectivity index (χ4n) is 10.6. The lowest BCUT2D eigenvalue weighted by atomic mass is 9.53. The second kappa shape index (κ2) is 9.33. The van der Waals surface area contributed by atoms with Gasteiger partial charge in [0.15, 0.2) is 0 Å². The van der Waals surface area contributed by atoms with Gasteiger partial charge in [-0.3, -0.25) is 14.6 Å². The molecule has 0 radical (unpaired) electrons. The maximum Gasteiger partial charge on any atom is 0.310 e. The molecule has 4 saturated carbocycles. The molecule has 6 aliphatic rings. The largest absolute Gasteiger partial charge is 0.469 e. The summed E-state index contributed by atoms with van der Waals surface area (Å²) in [6.07, 6.45) is 7.25. The number of carbonyl (C=O) groups excluding carboxylic acids is 1. The third kappa shape index (κ3) is 3.43. The van der Waals surface area contributed by atoms with E-state index < -0.39 is 0 Å². The van der Waals surface area contributed by atoms with Gasteiger partial charge in [0.05, 0.1) is 13.0 Å². The molecule has 0 bridgehead atoms. The normalized spacial score (nSPS) is 42.4. The third-order valence-electron chi connectivity index (χ3n) is 12.3. The monoisotopic (exact) mass is 550 g/mol. The van der Waals surface area contributed by atoms with Crippen LogP contribution in [0.5, 0.6) is 0 Å². The molecule has 5 nitrogen and oxygen atoms in total. The molecule has 2 spiro atoms. The highest BCUT2D eigenvalue weighted by atomic mass is 19.1. The van der Waals surface area contributed by atoms with Gasteiger partial charge in [-0.2, -0.15) is 0 Å². The zero-order valence-electron chi connectivity index (χ0n) is 23.6. The highest BCUT2D eigenvalue weighted by molar-refractivity contribution is 5.76. The van der Waals surface area contributed by atoms with Gasteiger partial charge in [0.2, 0.25) is 0 Å². The van der Waals surface area contributed by atoms with Gasteiger partial charge in [0, 0.05) is 47.5 Å². The number of piperidine rings is 2. The number of aliphatic hydroxyl groups is 1. The number of nitrogens with zero attached hydrogens (tertiary/aromatic N) is 2. The zero-order chi connectivity index (χ0) is 28.0. The van der Waals surface area contributed by atoms with Crippen molar-refractivity contribution >= 4 is 5.97 Å². The summed E-state index contributed by atoms with van der Waals surface area (Å²) in [5.74, 6) is 0.199. The van der Waals surface area contributed by atoms with E-state index in [0.29, 0.717) is 40.8 Å². The van der Waals surface area contributed by atoms with Crippen molar-refractivity contribution in [1.82, 2.24) is 9.80 Å². The lowest BCUT2D eigenvalue weighted by Gasteiger charge is -2.68. The molecule has 0 amide bonds. The fraction of sp³-hybridized carbons (Fsp3) is 0.606. The molecule has 8 rings (SSSR count). The number of rotatable bonds is 4. The summed E-state index contributed by atoms with van der Waals surface area (Å²) in [7, 11) is 5.78. The van der Waals surface area contributed by atoms with Crippen LogP contribution in [-0.2, 0) is 9.53 Å². The van der Waals surface area contributed by atoms with Crippen LogP contribution in [0.2, 0.25) is 0 Å². The molecule has 2 saturated heterocycles. The Morgan fingerprint density at radius 2 is 1.32 bits per heavy atom. The number of ether oxygens (including phenoxy) is 1. The number of halogens is 2. The maximum atomic E-state index is 13.2. The minimum Gasteiger partial charge on any atom is -0.469 e. The number of esters is 1. The van der Waals surface area contributed by atoms with Gasteiger partial charge in [0.1, 0.15) is 11.6 Å². The lowest BCUT2D eigenvalue weighted by molar-refractivity contribution is -0.193. The standard InChI is InChI=1S/C17H20FNO2.C16H20FNO/c1-19-13-7-8-17(13)9-12(10-3-5-11(18)6-4-10)14(15(17)19)16(20)21-2;1-18-14-6-7-16(14)8-12(13(9-19)15(16)18)10-2-4-11(17)5-3-10/h3-6,12-15H,7-9H2,1-2H3;2-5,12-15,19H,6-9H2,1H3. The van der Waals surface area contributed by atoms with Crippen LogP contribution in [0.1, 0.15) is 61.5 Å². The predicted molar refractivity (Wildman–Crippen MR) is 148 cm³/mol. The molecule has 0 aromatic heterocycles. The van der Waals surface area contributed by atoms with Crippen molar-refractivity contribution in [3.05, 3.63) is 71.3 Å². The first-order valence-corrected chi connectivity index (χ1v) is 14.9. The van der Waals surface area contributed by atoms with E-state index in [1.165, 1.54) is 56.9 Å². The Hall–Kier alpha value is -2.35. The van der Waals surface area contributed by atoms with Crippen LogP contribution in [0.4, 0.5) is 8.78 Å². The van der Waals surface area contributed by atoms with E-state index in [2.05, 4.69) is 23.9 Å². The molecule has 2 aromatic carbocycles. The number of carbonyl (C=O) groups is 1. The molecule has 7 heteroatoms. The summed E-state index contributed by atoms with van der Waals surface area (Å²) in [5, 5.41) is 9.82. The molecule has 6 fully saturated rings. The van der Waals surface area contributed by atoms with E-state index in [9.17, 15) is 18.7 Å². The highest BCUT2D eigenvalue weighted by Gasteiger charge is 2.73. The molecular weight excluding hydrogens is 510 g/mol. The van der Waals surface area contributed by atoms with Gasteiger partial charge < -0.3 is 9.84 Å². The second-order valence-electron chi connectivity index (χ2n) is 13.4. The van der Waals surface area contributed by atoms with Crippen LogP contribution in [0, 0.1) is 34.3 Å². The topological polar surface area (TPSA) is 53.0 Å². The maximum absolute atomic E-state index is 13.2. The van der Waals surface area contributed by atoms with Crippen LogP contribution in [0.25, 0.3) is 0 Å². The van der Waals surface area contributed by atoms with Crippen molar-refractivity contribution in [2.24, 2.45) is 22.7 Å².